The molecular weight excluding hydrogens is 506 g/mol. The maximum absolute atomic E-state index is 13.5. The van der Waals surface area contributed by atoms with Crippen molar-refractivity contribution in [3.05, 3.63) is 65.2 Å². The number of carbonyl (C=O) groups is 2. The second-order valence-electron chi connectivity index (χ2n) is 7.94. The highest BCUT2D eigenvalue weighted by Gasteiger charge is 2.22. The fourth-order valence-corrected chi connectivity index (χ4v) is 3.87. The van der Waals surface area contributed by atoms with E-state index < -0.39 is 5.91 Å². The van der Waals surface area contributed by atoms with Gasteiger partial charge in [0.1, 0.15) is 0 Å². The number of carbonyl (C=O) groups excluding carboxylic acids is 2. The molecule has 39 heavy (non-hydrogen) atoms. The van der Waals surface area contributed by atoms with E-state index in [2.05, 4.69) is 5.32 Å². The Morgan fingerprint density at radius 2 is 1.10 bits per heavy atom. The molecule has 3 aromatic rings. The summed E-state index contributed by atoms with van der Waals surface area (Å²) in [5, 5.41) is 2.76. The third-order valence-electron chi connectivity index (χ3n) is 5.76. The molecule has 3 rings (SSSR count). The first kappa shape index (κ1) is 28.7. The van der Waals surface area contributed by atoms with Gasteiger partial charge in [-0.25, -0.2) is 0 Å². The van der Waals surface area contributed by atoms with Crippen LogP contribution in [0.25, 0.3) is 6.08 Å². The number of ether oxygens (including phenoxy) is 7. The zero-order valence-corrected chi connectivity index (χ0v) is 22.9. The monoisotopic (exact) mass is 537 g/mol. The van der Waals surface area contributed by atoms with E-state index in [1.165, 1.54) is 60.9 Å². The van der Waals surface area contributed by atoms with Crippen LogP contribution in [0.2, 0.25) is 0 Å². The summed E-state index contributed by atoms with van der Waals surface area (Å²) in [6, 6.07) is 11.4. The first-order valence-electron chi connectivity index (χ1n) is 11.7. The maximum atomic E-state index is 13.5. The van der Waals surface area contributed by atoms with Crippen molar-refractivity contribution in [3.63, 3.8) is 0 Å². The highest BCUT2D eigenvalue weighted by Crippen LogP contribution is 2.41. The van der Waals surface area contributed by atoms with Crippen molar-refractivity contribution in [2.75, 3.05) is 55.1 Å². The Kier molecular flexibility index (Phi) is 9.63. The summed E-state index contributed by atoms with van der Waals surface area (Å²) in [7, 11) is 10.4. The number of ketones is 1. The molecule has 10 nitrogen and oxygen atoms in total. The summed E-state index contributed by atoms with van der Waals surface area (Å²) in [5.74, 6) is 1.81. The number of benzene rings is 3. The van der Waals surface area contributed by atoms with Gasteiger partial charge in [-0.2, -0.15) is 0 Å². The van der Waals surface area contributed by atoms with Gasteiger partial charge in [-0.3, -0.25) is 9.59 Å². The van der Waals surface area contributed by atoms with E-state index in [0.29, 0.717) is 28.7 Å². The van der Waals surface area contributed by atoms with Crippen molar-refractivity contribution < 1.29 is 42.7 Å². The second-order valence-corrected chi connectivity index (χ2v) is 7.94. The van der Waals surface area contributed by atoms with E-state index in [0.717, 1.165) is 5.56 Å². The Balaban J connectivity index is 1.96. The molecule has 0 unspecified atom stereocenters. The molecule has 0 aliphatic rings. The van der Waals surface area contributed by atoms with Crippen LogP contribution in [0.3, 0.4) is 0 Å². The average molecular weight is 538 g/mol. The van der Waals surface area contributed by atoms with Gasteiger partial charge in [-0.15, -0.1) is 0 Å². The number of nitrogens with one attached hydrogen (secondary N) is 1. The first-order valence-corrected chi connectivity index (χ1v) is 11.7. The molecule has 10 heteroatoms. The third-order valence-corrected chi connectivity index (χ3v) is 5.76. The molecule has 0 spiro atoms. The third kappa shape index (κ3) is 6.35. The Morgan fingerprint density at radius 3 is 1.62 bits per heavy atom. The molecule has 0 atom stereocenters. The van der Waals surface area contributed by atoms with E-state index in [1.807, 2.05) is 0 Å². The van der Waals surface area contributed by atoms with E-state index >= 15 is 0 Å². The lowest BCUT2D eigenvalue weighted by molar-refractivity contribution is -0.111. The van der Waals surface area contributed by atoms with E-state index in [-0.39, 0.29) is 34.1 Å². The molecule has 0 aromatic heterocycles. The standard InChI is InChI=1S/C29H31NO9/c1-33-21-10-8-17(12-22(21)34-2)9-11-26(31)30-20-13-18(14-23(35-3)28(20)38-6)27(32)19-15-24(36-4)29(39-7)25(16-19)37-5/h8-16H,1-7H3,(H,30,31)/b11-9+. The Labute approximate surface area is 227 Å². The van der Waals surface area contributed by atoms with Gasteiger partial charge in [0, 0.05) is 17.2 Å². The molecule has 0 saturated heterocycles. The highest BCUT2D eigenvalue weighted by atomic mass is 16.5. The van der Waals surface area contributed by atoms with Crippen LogP contribution >= 0.6 is 0 Å². The Bertz CT molecular complexity index is 1360. The molecule has 206 valence electrons. The Morgan fingerprint density at radius 1 is 0.590 bits per heavy atom. The lowest BCUT2D eigenvalue weighted by Crippen LogP contribution is -2.11. The summed E-state index contributed by atoms with van der Waals surface area (Å²) < 4.78 is 37.5. The normalized spacial score (nSPS) is 10.5. The summed E-state index contributed by atoms with van der Waals surface area (Å²) in [4.78, 5) is 26.4. The molecule has 0 aliphatic carbocycles. The fourth-order valence-electron chi connectivity index (χ4n) is 3.87. The molecule has 0 saturated carbocycles. The quantitative estimate of drug-likeness (QED) is 0.261. The zero-order chi connectivity index (χ0) is 28.5. The van der Waals surface area contributed by atoms with E-state index in [9.17, 15) is 9.59 Å². The van der Waals surface area contributed by atoms with Gasteiger partial charge in [0.05, 0.1) is 55.5 Å². The number of rotatable bonds is 12. The minimum absolute atomic E-state index is 0.237. The molecule has 0 radical (unpaired) electrons. The van der Waals surface area contributed by atoms with Crippen molar-refractivity contribution in [2.45, 2.75) is 0 Å². The van der Waals surface area contributed by atoms with Crippen molar-refractivity contribution in [3.8, 4) is 40.2 Å². The van der Waals surface area contributed by atoms with Crippen LogP contribution in [0.5, 0.6) is 40.2 Å². The number of amides is 1. The van der Waals surface area contributed by atoms with Gasteiger partial charge < -0.3 is 38.5 Å². The van der Waals surface area contributed by atoms with Gasteiger partial charge in [0.2, 0.25) is 11.7 Å². The number of anilines is 1. The van der Waals surface area contributed by atoms with Crippen LogP contribution in [-0.2, 0) is 4.79 Å². The van der Waals surface area contributed by atoms with Crippen molar-refractivity contribution >= 4 is 23.5 Å². The number of hydrogen-bond donors (Lipinski definition) is 1. The number of methoxy groups -OCH3 is 7. The van der Waals surface area contributed by atoms with Crippen LogP contribution in [0, 0.1) is 0 Å². The second kappa shape index (κ2) is 13.1. The minimum atomic E-state index is -0.456. The molecule has 0 fully saturated rings. The van der Waals surface area contributed by atoms with Crippen LogP contribution < -0.4 is 38.5 Å². The molecule has 1 N–H and O–H groups in total. The van der Waals surface area contributed by atoms with Crippen molar-refractivity contribution in [1.82, 2.24) is 0 Å². The predicted octanol–water partition coefficient (Wildman–Crippen LogP) is 4.63. The fraction of sp³-hybridized carbons (Fsp3) is 0.241. The van der Waals surface area contributed by atoms with Gasteiger partial charge in [0.25, 0.3) is 0 Å². The molecule has 3 aromatic carbocycles. The SMILES string of the molecule is COc1ccc(/C=C/C(=O)Nc2cc(C(=O)c3cc(OC)c(OC)c(OC)c3)cc(OC)c2OC)cc1OC. The first-order chi connectivity index (χ1) is 18.8. The van der Waals surface area contributed by atoms with Crippen molar-refractivity contribution in [1.29, 1.82) is 0 Å². The van der Waals surface area contributed by atoms with Gasteiger partial charge in [-0.05, 0) is 48.0 Å². The Hall–Kier alpha value is -4.86. The molecule has 1 amide bonds. The number of hydrogen-bond acceptors (Lipinski definition) is 9. The van der Waals surface area contributed by atoms with Gasteiger partial charge >= 0.3 is 0 Å². The maximum Gasteiger partial charge on any atom is 0.248 e. The van der Waals surface area contributed by atoms with Crippen LogP contribution in [0.15, 0.2) is 48.5 Å². The summed E-state index contributed by atoms with van der Waals surface area (Å²) in [6.07, 6.45) is 2.97. The van der Waals surface area contributed by atoms with Crippen LogP contribution in [-0.4, -0.2) is 61.5 Å². The molecular formula is C29H31NO9. The van der Waals surface area contributed by atoms with Crippen LogP contribution in [0.4, 0.5) is 5.69 Å². The molecule has 0 aliphatic heterocycles. The zero-order valence-electron chi connectivity index (χ0n) is 22.9. The van der Waals surface area contributed by atoms with E-state index in [1.54, 1.807) is 43.5 Å². The summed E-state index contributed by atoms with van der Waals surface area (Å²) in [5.41, 5.74) is 1.48. The summed E-state index contributed by atoms with van der Waals surface area (Å²) in [6.45, 7) is 0. The van der Waals surface area contributed by atoms with Gasteiger partial charge in [0.15, 0.2) is 40.3 Å². The average Bonchev–Trinajstić information content (AvgIpc) is 2.97. The molecule has 0 heterocycles. The lowest BCUT2D eigenvalue weighted by atomic mass is 10.0. The minimum Gasteiger partial charge on any atom is -0.493 e. The lowest BCUT2D eigenvalue weighted by Gasteiger charge is -2.16. The van der Waals surface area contributed by atoms with E-state index in [4.69, 9.17) is 33.2 Å². The highest BCUT2D eigenvalue weighted by molar-refractivity contribution is 6.11. The largest absolute Gasteiger partial charge is 0.493 e. The summed E-state index contributed by atoms with van der Waals surface area (Å²) >= 11 is 0. The predicted molar refractivity (Wildman–Crippen MR) is 146 cm³/mol. The smallest absolute Gasteiger partial charge is 0.248 e. The topological polar surface area (TPSA) is 111 Å². The molecule has 0 bridgehead atoms. The van der Waals surface area contributed by atoms with Gasteiger partial charge in [-0.1, -0.05) is 6.07 Å². The van der Waals surface area contributed by atoms with Crippen LogP contribution in [0.1, 0.15) is 21.5 Å². The van der Waals surface area contributed by atoms with Crippen molar-refractivity contribution in [2.24, 2.45) is 0 Å².